The monoisotopic (exact) mass is 247 g/mol. The summed E-state index contributed by atoms with van der Waals surface area (Å²) in [5, 5.41) is 3.05. The molecular weight excluding hydrogens is 230 g/mol. The lowest BCUT2D eigenvalue weighted by Crippen LogP contribution is -2.03. The summed E-state index contributed by atoms with van der Waals surface area (Å²) in [5.74, 6) is 3.19. The number of hydrogen-bond donors (Lipinski definition) is 1. The van der Waals surface area contributed by atoms with Gasteiger partial charge in [0.25, 0.3) is 0 Å². The molecule has 1 aromatic carbocycles. The highest BCUT2D eigenvalue weighted by molar-refractivity contribution is 5.62. The summed E-state index contributed by atoms with van der Waals surface area (Å²) in [6, 6.07) is 9.58. The minimum absolute atomic E-state index is 0.709. The van der Waals surface area contributed by atoms with Crippen molar-refractivity contribution in [1.82, 2.24) is 5.32 Å². The van der Waals surface area contributed by atoms with Gasteiger partial charge >= 0.3 is 0 Å². The van der Waals surface area contributed by atoms with Crippen LogP contribution in [0.1, 0.15) is 5.76 Å². The zero-order valence-corrected chi connectivity index (χ0v) is 10.8. The van der Waals surface area contributed by atoms with Crippen LogP contribution in [-0.4, -0.2) is 21.3 Å². The number of ether oxygens (including phenoxy) is 2. The zero-order valence-electron chi connectivity index (χ0n) is 10.8. The van der Waals surface area contributed by atoms with Gasteiger partial charge in [-0.05, 0) is 31.3 Å². The fourth-order valence-corrected chi connectivity index (χ4v) is 1.75. The van der Waals surface area contributed by atoms with Gasteiger partial charge < -0.3 is 19.2 Å². The Hall–Kier alpha value is -1.94. The minimum Gasteiger partial charge on any atom is -0.497 e. The predicted octanol–water partition coefficient (Wildman–Crippen LogP) is 2.68. The Labute approximate surface area is 107 Å². The first kappa shape index (κ1) is 12.5. The van der Waals surface area contributed by atoms with Crippen LogP contribution in [0.25, 0.3) is 11.3 Å². The maximum absolute atomic E-state index is 5.74. The van der Waals surface area contributed by atoms with E-state index in [-0.39, 0.29) is 0 Å². The molecule has 1 N–H and O–H groups in total. The summed E-state index contributed by atoms with van der Waals surface area (Å²) in [7, 11) is 5.15. The van der Waals surface area contributed by atoms with Gasteiger partial charge in [0.05, 0.1) is 20.8 Å². The summed E-state index contributed by atoms with van der Waals surface area (Å²) in [4.78, 5) is 0. The molecule has 18 heavy (non-hydrogen) atoms. The van der Waals surface area contributed by atoms with Crippen LogP contribution in [0, 0.1) is 0 Å². The Morgan fingerprint density at radius 1 is 1.06 bits per heavy atom. The standard InChI is InChI=1S/C14H17NO3/c1-15-9-11-4-5-14(18-11)10-6-12(16-2)8-13(7-10)17-3/h4-8,15H,9H2,1-3H3. The lowest BCUT2D eigenvalue weighted by molar-refractivity contribution is 0.394. The molecule has 0 aliphatic heterocycles. The van der Waals surface area contributed by atoms with E-state index < -0.39 is 0 Å². The Kier molecular flexibility index (Phi) is 3.89. The number of benzene rings is 1. The van der Waals surface area contributed by atoms with Crippen molar-refractivity contribution >= 4 is 0 Å². The third-order valence-corrected chi connectivity index (χ3v) is 2.65. The molecule has 0 atom stereocenters. The molecule has 0 unspecified atom stereocenters. The molecule has 0 amide bonds. The number of furan rings is 1. The van der Waals surface area contributed by atoms with E-state index in [0.717, 1.165) is 28.6 Å². The third-order valence-electron chi connectivity index (χ3n) is 2.65. The molecule has 2 aromatic rings. The maximum atomic E-state index is 5.74. The van der Waals surface area contributed by atoms with Crippen LogP contribution in [0.15, 0.2) is 34.7 Å². The van der Waals surface area contributed by atoms with Gasteiger partial charge in [0.15, 0.2) is 0 Å². The molecule has 0 bridgehead atoms. The van der Waals surface area contributed by atoms with E-state index in [0.29, 0.717) is 6.54 Å². The highest BCUT2D eigenvalue weighted by atomic mass is 16.5. The van der Waals surface area contributed by atoms with Crippen molar-refractivity contribution in [3.05, 3.63) is 36.1 Å². The van der Waals surface area contributed by atoms with Crippen LogP contribution in [-0.2, 0) is 6.54 Å². The van der Waals surface area contributed by atoms with E-state index in [1.54, 1.807) is 14.2 Å². The van der Waals surface area contributed by atoms with Crippen molar-refractivity contribution in [2.45, 2.75) is 6.54 Å². The van der Waals surface area contributed by atoms with Gasteiger partial charge in [0.1, 0.15) is 23.0 Å². The fourth-order valence-electron chi connectivity index (χ4n) is 1.75. The molecule has 4 nitrogen and oxygen atoms in total. The topological polar surface area (TPSA) is 43.6 Å². The Balaban J connectivity index is 2.35. The maximum Gasteiger partial charge on any atom is 0.134 e. The van der Waals surface area contributed by atoms with Crippen LogP contribution in [0.5, 0.6) is 11.5 Å². The highest BCUT2D eigenvalue weighted by Crippen LogP contribution is 2.30. The van der Waals surface area contributed by atoms with Gasteiger partial charge in [0.2, 0.25) is 0 Å². The molecule has 96 valence electrons. The molecule has 0 aliphatic carbocycles. The lowest BCUT2D eigenvalue weighted by Gasteiger charge is -2.06. The van der Waals surface area contributed by atoms with Crippen molar-refractivity contribution < 1.29 is 13.9 Å². The first-order valence-corrected chi connectivity index (χ1v) is 5.73. The normalized spacial score (nSPS) is 10.4. The molecule has 0 fully saturated rings. The molecule has 0 radical (unpaired) electrons. The first-order valence-electron chi connectivity index (χ1n) is 5.73. The van der Waals surface area contributed by atoms with Gasteiger partial charge in [0, 0.05) is 11.6 Å². The molecule has 0 saturated heterocycles. The SMILES string of the molecule is CNCc1ccc(-c2cc(OC)cc(OC)c2)o1. The van der Waals surface area contributed by atoms with Crippen molar-refractivity contribution in [1.29, 1.82) is 0 Å². The van der Waals surface area contributed by atoms with Crippen LogP contribution < -0.4 is 14.8 Å². The van der Waals surface area contributed by atoms with Gasteiger partial charge in [-0.15, -0.1) is 0 Å². The molecule has 1 heterocycles. The summed E-state index contributed by atoms with van der Waals surface area (Å²) in [5.41, 5.74) is 0.938. The van der Waals surface area contributed by atoms with Crippen LogP contribution in [0.4, 0.5) is 0 Å². The van der Waals surface area contributed by atoms with E-state index in [1.807, 2.05) is 37.4 Å². The average Bonchev–Trinajstić information content (AvgIpc) is 2.87. The summed E-state index contributed by atoms with van der Waals surface area (Å²) in [6.45, 7) is 0.709. The van der Waals surface area contributed by atoms with Crippen molar-refractivity contribution in [3.63, 3.8) is 0 Å². The van der Waals surface area contributed by atoms with Crippen LogP contribution >= 0.6 is 0 Å². The largest absolute Gasteiger partial charge is 0.497 e. The van der Waals surface area contributed by atoms with E-state index in [9.17, 15) is 0 Å². The van der Waals surface area contributed by atoms with Crippen molar-refractivity contribution in [2.24, 2.45) is 0 Å². The highest BCUT2D eigenvalue weighted by Gasteiger charge is 2.08. The quantitative estimate of drug-likeness (QED) is 0.882. The van der Waals surface area contributed by atoms with Gasteiger partial charge in [-0.3, -0.25) is 0 Å². The van der Waals surface area contributed by atoms with Crippen LogP contribution in [0.3, 0.4) is 0 Å². The minimum atomic E-state index is 0.709. The van der Waals surface area contributed by atoms with Crippen molar-refractivity contribution in [2.75, 3.05) is 21.3 Å². The lowest BCUT2D eigenvalue weighted by atomic mass is 10.1. The Bertz CT molecular complexity index is 497. The van der Waals surface area contributed by atoms with E-state index in [4.69, 9.17) is 13.9 Å². The molecule has 1 aromatic heterocycles. The number of rotatable bonds is 5. The third kappa shape index (κ3) is 2.65. The summed E-state index contributed by atoms with van der Waals surface area (Å²) >= 11 is 0. The van der Waals surface area contributed by atoms with Gasteiger partial charge in [-0.2, -0.15) is 0 Å². The molecule has 0 aliphatic rings. The molecule has 2 rings (SSSR count). The first-order chi connectivity index (χ1) is 8.76. The number of methoxy groups -OCH3 is 2. The molecule has 0 spiro atoms. The predicted molar refractivity (Wildman–Crippen MR) is 70.0 cm³/mol. The fraction of sp³-hybridized carbons (Fsp3) is 0.286. The second-order valence-corrected chi connectivity index (χ2v) is 3.90. The average molecular weight is 247 g/mol. The van der Waals surface area contributed by atoms with Crippen molar-refractivity contribution in [3.8, 4) is 22.8 Å². The number of hydrogen-bond acceptors (Lipinski definition) is 4. The zero-order chi connectivity index (χ0) is 13.0. The summed E-state index contributed by atoms with van der Waals surface area (Å²) in [6.07, 6.45) is 0. The van der Waals surface area contributed by atoms with Gasteiger partial charge in [-0.1, -0.05) is 0 Å². The smallest absolute Gasteiger partial charge is 0.134 e. The molecular formula is C14H17NO3. The second kappa shape index (κ2) is 5.60. The molecule has 4 heteroatoms. The van der Waals surface area contributed by atoms with E-state index >= 15 is 0 Å². The number of nitrogens with one attached hydrogen (secondary N) is 1. The summed E-state index contributed by atoms with van der Waals surface area (Å²) < 4.78 is 16.2. The Morgan fingerprint density at radius 2 is 1.72 bits per heavy atom. The second-order valence-electron chi connectivity index (χ2n) is 3.90. The Morgan fingerprint density at radius 3 is 2.28 bits per heavy atom. The van der Waals surface area contributed by atoms with Gasteiger partial charge in [-0.25, -0.2) is 0 Å². The van der Waals surface area contributed by atoms with E-state index in [1.165, 1.54) is 0 Å². The molecule has 0 saturated carbocycles. The van der Waals surface area contributed by atoms with Crippen LogP contribution in [0.2, 0.25) is 0 Å². The van der Waals surface area contributed by atoms with E-state index in [2.05, 4.69) is 5.32 Å².